The average Bonchev–Trinajstić information content (AvgIpc) is 2.68. The third kappa shape index (κ3) is 3.75. The minimum absolute atomic E-state index is 0.0783. The monoisotopic (exact) mass is 397 g/mol. The fourth-order valence-corrected chi connectivity index (χ4v) is 2.20. The molecule has 0 aliphatic heterocycles. The van der Waals surface area contributed by atoms with Crippen LogP contribution < -0.4 is 10.6 Å². The lowest BCUT2D eigenvalue weighted by Crippen LogP contribution is -2.16. The van der Waals surface area contributed by atoms with E-state index in [1.165, 1.54) is 12.1 Å². The van der Waals surface area contributed by atoms with Crippen LogP contribution in [0.4, 0.5) is 43.5 Å². The van der Waals surface area contributed by atoms with Gasteiger partial charge in [-0.05, 0) is 36.4 Å². The number of carbonyl (C=O) groups is 1. The first kappa shape index (κ1) is 19.2. The molecule has 0 atom stereocenters. The summed E-state index contributed by atoms with van der Waals surface area (Å²) in [5.74, 6) is -10.4. The van der Waals surface area contributed by atoms with Crippen LogP contribution in [0.5, 0.6) is 0 Å². The van der Waals surface area contributed by atoms with Crippen LogP contribution in [0.15, 0.2) is 42.6 Å². The van der Waals surface area contributed by atoms with Crippen LogP contribution in [0.2, 0.25) is 0 Å². The summed E-state index contributed by atoms with van der Waals surface area (Å²) in [7, 11) is 0. The summed E-state index contributed by atoms with van der Waals surface area (Å²) in [5.41, 5.74) is -0.907. The number of benzene rings is 2. The van der Waals surface area contributed by atoms with Crippen LogP contribution in [-0.4, -0.2) is 10.9 Å². The molecule has 0 radical (unpaired) electrons. The summed E-state index contributed by atoms with van der Waals surface area (Å²) >= 11 is 0. The van der Waals surface area contributed by atoms with Crippen molar-refractivity contribution in [1.82, 2.24) is 4.98 Å². The zero-order chi connectivity index (χ0) is 20.4. The van der Waals surface area contributed by atoms with Crippen molar-refractivity contribution in [3.05, 3.63) is 83.1 Å². The molecule has 0 saturated heterocycles. The molecule has 0 aliphatic rings. The van der Waals surface area contributed by atoms with Gasteiger partial charge in [-0.2, -0.15) is 0 Å². The summed E-state index contributed by atoms with van der Waals surface area (Å²) in [6.07, 6.45) is 1.12. The number of nitrogens with one attached hydrogen (secondary N) is 2. The summed E-state index contributed by atoms with van der Waals surface area (Å²) in [6.45, 7) is 0. The van der Waals surface area contributed by atoms with Gasteiger partial charge in [0, 0.05) is 0 Å². The normalized spacial score (nSPS) is 10.6. The molecule has 1 heterocycles. The molecular weight excluding hydrogens is 388 g/mol. The Bertz CT molecular complexity index is 1060. The van der Waals surface area contributed by atoms with E-state index in [0.717, 1.165) is 24.4 Å². The van der Waals surface area contributed by atoms with Crippen molar-refractivity contribution in [2.45, 2.75) is 0 Å². The fourth-order valence-electron chi connectivity index (χ4n) is 2.20. The van der Waals surface area contributed by atoms with Gasteiger partial charge in [-0.3, -0.25) is 4.79 Å². The molecule has 3 rings (SSSR count). The molecule has 0 spiro atoms. The molecular formula is C18H9F6N3O. The summed E-state index contributed by atoms with van der Waals surface area (Å²) in [6, 6.07) is 5.63. The number of nitrogens with zero attached hydrogens (tertiary/aromatic N) is 1. The number of hydrogen-bond donors (Lipinski definition) is 2. The minimum Gasteiger partial charge on any atom is -0.352 e. The largest absolute Gasteiger partial charge is 0.352 e. The molecule has 1 aromatic heterocycles. The van der Waals surface area contributed by atoms with Gasteiger partial charge in [-0.25, -0.2) is 31.3 Å². The number of pyridine rings is 1. The topological polar surface area (TPSA) is 54.0 Å². The molecule has 0 fully saturated rings. The van der Waals surface area contributed by atoms with E-state index < -0.39 is 46.4 Å². The molecule has 144 valence electrons. The number of aromatic nitrogens is 1. The van der Waals surface area contributed by atoms with Gasteiger partial charge in [0.05, 0.1) is 23.1 Å². The van der Waals surface area contributed by atoms with E-state index in [0.29, 0.717) is 6.07 Å². The smallest absolute Gasteiger partial charge is 0.259 e. The summed E-state index contributed by atoms with van der Waals surface area (Å²) in [5, 5.41) is 4.64. The first-order valence-electron chi connectivity index (χ1n) is 7.59. The Morgan fingerprint density at radius 1 is 0.750 bits per heavy atom. The highest BCUT2D eigenvalue weighted by Gasteiger charge is 2.19. The highest BCUT2D eigenvalue weighted by molar-refractivity contribution is 6.04. The maximum atomic E-state index is 13.6. The van der Waals surface area contributed by atoms with Crippen molar-refractivity contribution >= 4 is 23.1 Å². The lowest BCUT2D eigenvalue weighted by Gasteiger charge is -2.10. The van der Waals surface area contributed by atoms with Gasteiger partial charge in [0.2, 0.25) is 0 Å². The standard InChI is InChI=1S/C18H9F6N3O/c19-10-3-2-9(14(21)15(10)22)18(28)27-13-6-1-8(7-25-13)26-12-5-4-11(20)16(23)17(12)24/h1-7,26H,(H,25,27,28). The quantitative estimate of drug-likeness (QED) is 0.486. The molecule has 2 aromatic carbocycles. The van der Waals surface area contributed by atoms with E-state index in [1.54, 1.807) is 0 Å². The van der Waals surface area contributed by atoms with E-state index >= 15 is 0 Å². The Morgan fingerprint density at radius 3 is 2.04 bits per heavy atom. The molecule has 2 N–H and O–H groups in total. The van der Waals surface area contributed by atoms with Crippen molar-refractivity contribution in [3.63, 3.8) is 0 Å². The second-order valence-electron chi connectivity index (χ2n) is 5.46. The first-order chi connectivity index (χ1) is 13.3. The SMILES string of the molecule is O=C(Nc1ccc(Nc2ccc(F)c(F)c2F)cn1)c1ccc(F)c(F)c1F. The molecule has 0 unspecified atom stereocenters. The van der Waals surface area contributed by atoms with Crippen molar-refractivity contribution in [2.75, 3.05) is 10.6 Å². The van der Waals surface area contributed by atoms with Crippen LogP contribution in [0.1, 0.15) is 10.4 Å². The van der Waals surface area contributed by atoms with Crippen molar-refractivity contribution < 1.29 is 31.1 Å². The molecule has 10 heteroatoms. The van der Waals surface area contributed by atoms with E-state index in [9.17, 15) is 31.1 Å². The van der Waals surface area contributed by atoms with Crippen LogP contribution >= 0.6 is 0 Å². The predicted octanol–water partition coefficient (Wildman–Crippen LogP) is 4.91. The zero-order valence-electron chi connectivity index (χ0n) is 13.7. The van der Waals surface area contributed by atoms with Gasteiger partial charge >= 0.3 is 0 Å². The third-order valence-corrected chi connectivity index (χ3v) is 3.60. The van der Waals surface area contributed by atoms with Crippen molar-refractivity contribution in [1.29, 1.82) is 0 Å². The van der Waals surface area contributed by atoms with Crippen molar-refractivity contribution in [2.24, 2.45) is 0 Å². The molecule has 0 bridgehead atoms. The number of halogens is 6. The zero-order valence-corrected chi connectivity index (χ0v) is 13.7. The Labute approximate surface area is 153 Å². The summed E-state index contributed by atoms with van der Waals surface area (Å²) < 4.78 is 79.5. The fraction of sp³-hybridized carbons (Fsp3) is 0. The molecule has 3 aromatic rings. The van der Waals surface area contributed by atoms with Gasteiger partial charge in [-0.15, -0.1) is 0 Å². The molecule has 1 amide bonds. The molecule has 28 heavy (non-hydrogen) atoms. The van der Waals surface area contributed by atoms with E-state index in [4.69, 9.17) is 0 Å². The Kier molecular flexibility index (Phi) is 5.21. The lowest BCUT2D eigenvalue weighted by molar-refractivity contribution is 0.102. The number of hydrogen-bond acceptors (Lipinski definition) is 3. The molecule has 4 nitrogen and oxygen atoms in total. The predicted molar refractivity (Wildman–Crippen MR) is 88.1 cm³/mol. The lowest BCUT2D eigenvalue weighted by atomic mass is 10.2. The maximum Gasteiger partial charge on any atom is 0.259 e. The number of amides is 1. The average molecular weight is 397 g/mol. The van der Waals surface area contributed by atoms with Gasteiger partial charge < -0.3 is 10.6 Å². The van der Waals surface area contributed by atoms with Crippen molar-refractivity contribution in [3.8, 4) is 0 Å². The highest BCUT2D eigenvalue weighted by atomic mass is 19.2. The Hall–Kier alpha value is -3.56. The number of anilines is 3. The maximum absolute atomic E-state index is 13.6. The van der Waals surface area contributed by atoms with E-state index in [1.807, 2.05) is 0 Å². The van der Waals surface area contributed by atoms with Crippen LogP contribution in [0.25, 0.3) is 0 Å². The van der Waals surface area contributed by atoms with Gasteiger partial charge in [0.1, 0.15) is 5.82 Å². The van der Waals surface area contributed by atoms with Gasteiger partial charge in [0.25, 0.3) is 5.91 Å². The Balaban J connectivity index is 1.74. The van der Waals surface area contributed by atoms with E-state index in [-0.39, 0.29) is 17.2 Å². The second kappa shape index (κ2) is 7.59. The van der Waals surface area contributed by atoms with Crippen LogP contribution in [0.3, 0.4) is 0 Å². The number of carbonyl (C=O) groups excluding carboxylic acids is 1. The first-order valence-corrected chi connectivity index (χ1v) is 7.59. The molecule has 0 aliphatic carbocycles. The minimum atomic E-state index is -1.78. The Morgan fingerprint density at radius 2 is 1.39 bits per heavy atom. The van der Waals surface area contributed by atoms with E-state index in [2.05, 4.69) is 15.6 Å². The van der Waals surface area contributed by atoms with Crippen LogP contribution in [0, 0.1) is 34.9 Å². The second-order valence-corrected chi connectivity index (χ2v) is 5.46. The summed E-state index contributed by atoms with van der Waals surface area (Å²) in [4.78, 5) is 15.8. The number of rotatable bonds is 4. The van der Waals surface area contributed by atoms with Crippen LogP contribution in [-0.2, 0) is 0 Å². The third-order valence-electron chi connectivity index (χ3n) is 3.60. The highest BCUT2D eigenvalue weighted by Crippen LogP contribution is 2.24. The van der Waals surface area contributed by atoms with Gasteiger partial charge in [0.15, 0.2) is 34.9 Å². The molecule has 0 saturated carbocycles. The van der Waals surface area contributed by atoms with Gasteiger partial charge in [-0.1, -0.05) is 0 Å².